The standard InChI is InChI=1S/C13H16N2O3S/c1-18-10-5-3-2-4-9(10)15-12(16)8-11-13(17)14-6-7-19-11/h2-5,11H,6-8H2,1H3,(H,14,17)(H,15,16). The van der Waals surface area contributed by atoms with Crippen molar-refractivity contribution in [1.29, 1.82) is 0 Å². The second-order valence-electron chi connectivity index (χ2n) is 4.10. The molecule has 1 atom stereocenters. The molecule has 2 amide bonds. The summed E-state index contributed by atoms with van der Waals surface area (Å²) in [6.07, 6.45) is 0.175. The van der Waals surface area contributed by atoms with Crippen molar-refractivity contribution in [3.05, 3.63) is 24.3 Å². The lowest BCUT2D eigenvalue weighted by molar-refractivity contribution is -0.123. The first-order valence-electron chi connectivity index (χ1n) is 6.03. The molecule has 0 saturated carbocycles. The van der Waals surface area contributed by atoms with E-state index in [9.17, 15) is 9.59 Å². The number of nitrogens with one attached hydrogen (secondary N) is 2. The number of hydrogen-bond acceptors (Lipinski definition) is 4. The number of benzene rings is 1. The Labute approximate surface area is 116 Å². The van der Waals surface area contributed by atoms with Crippen LogP contribution in [0.2, 0.25) is 0 Å². The molecule has 1 aliphatic rings. The van der Waals surface area contributed by atoms with Crippen LogP contribution in [0.3, 0.4) is 0 Å². The van der Waals surface area contributed by atoms with Gasteiger partial charge in [-0.3, -0.25) is 9.59 Å². The van der Waals surface area contributed by atoms with Crippen LogP contribution in [0.15, 0.2) is 24.3 Å². The maximum atomic E-state index is 11.9. The summed E-state index contributed by atoms with van der Waals surface area (Å²) in [5, 5.41) is 5.23. The fourth-order valence-corrected chi connectivity index (χ4v) is 2.84. The highest BCUT2D eigenvalue weighted by atomic mass is 32.2. The van der Waals surface area contributed by atoms with Crippen LogP contribution in [0.1, 0.15) is 6.42 Å². The molecule has 2 rings (SSSR count). The van der Waals surface area contributed by atoms with E-state index in [1.54, 1.807) is 19.2 Å². The summed E-state index contributed by atoms with van der Waals surface area (Å²) < 4.78 is 5.16. The predicted octanol–water partition coefficient (Wildman–Crippen LogP) is 1.26. The second kappa shape index (κ2) is 6.47. The normalized spacial score (nSPS) is 18.6. The van der Waals surface area contributed by atoms with E-state index in [1.807, 2.05) is 12.1 Å². The minimum absolute atomic E-state index is 0.0635. The number of hydrogen-bond donors (Lipinski definition) is 2. The Morgan fingerprint density at radius 1 is 1.53 bits per heavy atom. The van der Waals surface area contributed by atoms with Crippen molar-refractivity contribution in [2.45, 2.75) is 11.7 Å². The molecule has 1 aliphatic heterocycles. The summed E-state index contributed by atoms with van der Waals surface area (Å²) >= 11 is 1.52. The van der Waals surface area contributed by atoms with Gasteiger partial charge in [0.25, 0.3) is 0 Å². The van der Waals surface area contributed by atoms with Gasteiger partial charge in [0.05, 0.1) is 18.0 Å². The molecule has 1 unspecified atom stereocenters. The third kappa shape index (κ3) is 3.64. The summed E-state index contributed by atoms with van der Waals surface area (Å²) in [7, 11) is 1.55. The molecular weight excluding hydrogens is 264 g/mol. The highest BCUT2D eigenvalue weighted by Gasteiger charge is 2.25. The Kier molecular flexibility index (Phi) is 4.68. The fourth-order valence-electron chi connectivity index (χ4n) is 1.83. The van der Waals surface area contributed by atoms with Crippen molar-refractivity contribution < 1.29 is 14.3 Å². The molecule has 0 spiro atoms. The van der Waals surface area contributed by atoms with Gasteiger partial charge in [-0.15, -0.1) is 11.8 Å². The molecule has 102 valence electrons. The topological polar surface area (TPSA) is 67.4 Å². The predicted molar refractivity (Wildman–Crippen MR) is 75.5 cm³/mol. The zero-order valence-electron chi connectivity index (χ0n) is 10.6. The monoisotopic (exact) mass is 280 g/mol. The van der Waals surface area contributed by atoms with E-state index in [0.29, 0.717) is 18.0 Å². The summed E-state index contributed by atoms with van der Waals surface area (Å²) in [6.45, 7) is 0.675. The first-order chi connectivity index (χ1) is 9.20. The number of amides is 2. The van der Waals surface area contributed by atoms with Crippen LogP contribution in [-0.4, -0.2) is 36.5 Å². The lowest BCUT2D eigenvalue weighted by Gasteiger charge is -2.21. The molecule has 5 nitrogen and oxygen atoms in total. The summed E-state index contributed by atoms with van der Waals surface area (Å²) in [5.41, 5.74) is 0.621. The van der Waals surface area contributed by atoms with Crippen molar-refractivity contribution in [2.24, 2.45) is 0 Å². The van der Waals surface area contributed by atoms with E-state index in [0.717, 1.165) is 5.75 Å². The Morgan fingerprint density at radius 2 is 2.32 bits per heavy atom. The van der Waals surface area contributed by atoms with E-state index in [4.69, 9.17) is 4.74 Å². The van der Waals surface area contributed by atoms with Crippen LogP contribution in [-0.2, 0) is 9.59 Å². The van der Waals surface area contributed by atoms with Crippen molar-refractivity contribution in [2.75, 3.05) is 24.7 Å². The van der Waals surface area contributed by atoms with Gasteiger partial charge in [-0.05, 0) is 12.1 Å². The summed E-state index contributed by atoms with van der Waals surface area (Å²) in [4.78, 5) is 23.5. The molecule has 0 radical (unpaired) electrons. The summed E-state index contributed by atoms with van der Waals surface area (Å²) in [6, 6.07) is 7.20. The van der Waals surface area contributed by atoms with E-state index in [2.05, 4.69) is 10.6 Å². The van der Waals surface area contributed by atoms with E-state index >= 15 is 0 Å². The highest BCUT2D eigenvalue weighted by molar-refractivity contribution is 8.00. The maximum Gasteiger partial charge on any atom is 0.233 e. The molecule has 0 aromatic heterocycles. The number of carbonyl (C=O) groups excluding carboxylic acids is 2. The molecule has 1 fully saturated rings. The Bertz CT molecular complexity index is 479. The smallest absolute Gasteiger partial charge is 0.233 e. The minimum atomic E-state index is -0.302. The van der Waals surface area contributed by atoms with Crippen LogP contribution in [0, 0.1) is 0 Å². The van der Waals surface area contributed by atoms with Crippen LogP contribution < -0.4 is 15.4 Å². The van der Waals surface area contributed by atoms with Gasteiger partial charge < -0.3 is 15.4 Å². The van der Waals surface area contributed by atoms with Gasteiger partial charge >= 0.3 is 0 Å². The van der Waals surface area contributed by atoms with Gasteiger partial charge in [-0.2, -0.15) is 0 Å². The minimum Gasteiger partial charge on any atom is -0.495 e. The number of anilines is 1. The quantitative estimate of drug-likeness (QED) is 0.871. The lowest BCUT2D eigenvalue weighted by atomic mass is 10.2. The zero-order valence-corrected chi connectivity index (χ0v) is 11.5. The number of para-hydroxylation sites is 2. The molecule has 6 heteroatoms. The van der Waals surface area contributed by atoms with Gasteiger partial charge in [0, 0.05) is 18.7 Å². The number of carbonyl (C=O) groups is 2. The van der Waals surface area contributed by atoms with Gasteiger partial charge in [0.1, 0.15) is 5.75 Å². The average molecular weight is 280 g/mol. The van der Waals surface area contributed by atoms with Gasteiger partial charge in [-0.1, -0.05) is 12.1 Å². The Balaban J connectivity index is 1.95. The maximum absolute atomic E-state index is 11.9. The third-order valence-electron chi connectivity index (χ3n) is 2.76. The second-order valence-corrected chi connectivity index (χ2v) is 5.41. The SMILES string of the molecule is COc1ccccc1NC(=O)CC1SCCNC1=O. The molecule has 0 aliphatic carbocycles. The molecule has 1 heterocycles. The molecule has 19 heavy (non-hydrogen) atoms. The summed E-state index contributed by atoms with van der Waals surface area (Å²) in [5.74, 6) is 1.21. The Hall–Kier alpha value is -1.69. The molecule has 1 aromatic rings. The number of ether oxygens (including phenoxy) is 1. The molecular formula is C13H16N2O3S. The number of methoxy groups -OCH3 is 1. The van der Waals surface area contributed by atoms with Crippen LogP contribution in [0.5, 0.6) is 5.75 Å². The van der Waals surface area contributed by atoms with Crippen LogP contribution in [0.4, 0.5) is 5.69 Å². The van der Waals surface area contributed by atoms with Gasteiger partial charge in [0.15, 0.2) is 0 Å². The van der Waals surface area contributed by atoms with Crippen molar-refractivity contribution in [3.8, 4) is 5.75 Å². The molecule has 1 aromatic carbocycles. The first kappa shape index (κ1) is 13.7. The van der Waals surface area contributed by atoms with E-state index in [1.165, 1.54) is 11.8 Å². The zero-order chi connectivity index (χ0) is 13.7. The molecule has 1 saturated heterocycles. The van der Waals surface area contributed by atoms with E-state index < -0.39 is 0 Å². The van der Waals surface area contributed by atoms with Gasteiger partial charge in [0.2, 0.25) is 11.8 Å². The molecule has 2 N–H and O–H groups in total. The first-order valence-corrected chi connectivity index (χ1v) is 7.08. The van der Waals surface area contributed by atoms with Gasteiger partial charge in [-0.25, -0.2) is 0 Å². The van der Waals surface area contributed by atoms with Crippen molar-refractivity contribution in [1.82, 2.24) is 5.32 Å². The van der Waals surface area contributed by atoms with Crippen LogP contribution >= 0.6 is 11.8 Å². The average Bonchev–Trinajstić information content (AvgIpc) is 2.42. The highest BCUT2D eigenvalue weighted by Crippen LogP contribution is 2.24. The van der Waals surface area contributed by atoms with Crippen LogP contribution in [0.25, 0.3) is 0 Å². The third-order valence-corrected chi connectivity index (χ3v) is 3.99. The van der Waals surface area contributed by atoms with Crippen molar-refractivity contribution >= 4 is 29.3 Å². The Morgan fingerprint density at radius 3 is 3.05 bits per heavy atom. The number of thioether (sulfide) groups is 1. The largest absolute Gasteiger partial charge is 0.495 e. The fraction of sp³-hybridized carbons (Fsp3) is 0.385. The lowest BCUT2D eigenvalue weighted by Crippen LogP contribution is -2.40. The number of rotatable bonds is 4. The van der Waals surface area contributed by atoms with Crippen molar-refractivity contribution in [3.63, 3.8) is 0 Å². The molecule has 0 bridgehead atoms. The van der Waals surface area contributed by atoms with E-state index in [-0.39, 0.29) is 23.5 Å².